The van der Waals surface area contributed by atoms with E-state index in [4.69, 9.17) is 5.73 Å². The summed E-state index contributed by atoms with van der Waals surface area (Å²) in [7, 11) is 0. The summed E-state index contributed by atoms with van der Waals surface area (Å²) in [5, 5.41) is 0. The molecule has 104 valence electrons. The van der Waals surface area contributed by atoms with Crippen molar-refractivity contribution in [2.24, 2.45) is 0 Å². The lowest BCUT2D eigenvalue weighted by atomic mass is 10.1. The van der Waals surface area contributed by atoms with Crippen molar-refractivity contribution in [1.29, 1.82) is 0 Å². The van der Waals surface area contributed by atoms with Crippen LogP contribution in [0.5, 0.6) is 0 Å². The van der Waals surface area contributed by atoms with Crippen LogP contribution in [0.2, 0.25) is 0 Å². The Balaban J connectivity index is 1.79. The minimum atomic E-state index is 0.498. The van der Waals surface area contributed by atoms with E-state index in [9.17, 15) is 0 Å². The second-order valence-corrected chi connectivity index (χ2v) is 6.22. The molecule has 1 saturated heterocycles. The fourth-order valence-corrected chi connectivity index (χ4v) is 3.54. The van der Waals surface area contributed by atoms with Gasteiger partial charge in [0.2, 0.25) is 0 Å². The number of anilines is 1. The van der Waals surface area contributed by atoms with E-state index in [0.717, 1.165) is 23.2 Å². The standard InChI is InChI=1S/C16H18BrN3/c17-14-8-12(9-15(18)10-14)11-20-7-1-2-16(20)13-3-5-19-6-4-13/h3-6,8-10,16H,1-2,7,11,18H2. The molecular formula is C16H18BrN3. The summed E-state index contributed by atoms with van der Waals surface area (Å²) in [5.74, 6) is 0. The molecule has 1 aliphatic rings. The zero-order valence-electron chi connectivity index (χ0n) is 11.3. The fraction of sp³-hybridized carbons (Fsp3) is 0.312. The number of nitrogen functional groups attached to an aromatic ring is 1. The molecule has 1 aliphatic heterocycles. The van der Waals surface area contributed by atoms with Gasteiger partial charge in [-0.2, -0.15) is 0 Å². The first-order chi connectivity index (χ1) is 9.72. The molecule has 0 amide bonds. The SMILES string of the molecule is Nc1cc(Br)cc(CN2CCCC2c2ccncc2)c1. The lowest BCUT2D eigenvalue weighted by molar-refractivity contribution is 0.248. The number of nitrogens with zero attached hydrogens (tertiary/aromatic N) is 2. The van der Waals surface area contributed by atoms with Crippen LogP contribution in [0.25, 0.3) is 0 Å². The first-order valence-corrected chi connectivity index (χ1v) is 7.70. The lowest BCUT2D eigenvalue weighted by Crippen LogP contribution is -2.22. The zero-order chi connectivity index (χ0) is 13.9. The van der Waals surface area contributed by atoms with Crippen molar-refractivity contribution in [3.05, 3.63) is 58.3 Å². The minimum absolute atomic E-state index is 0.498. The molecule has 3 rings (SSSR count). The van der Waals surface area contributed by atoms with Crippen molar-refractivity contribution >= 4 is 21.6 Å². The van der Waals surface area contributed by atoms with Gasteiger partial charge in [-0.3, -0.25) is 9.88 Å². The fourth-order valence-electron chi connectivity index (χ4n) is 2.98. The van der Waals surface area contributed by atoms with E-state index >= 15 is 0 Å². The Labute approximate surface area is 127 Å². The first kappa shape index (κ1) is 13.6. The van der Waals surface area contributed by atoms with Crippen molar-refractivity contribution in [3.63, 3.8) is 0 Å². The molecule has 0 radical (unpaired) electrons. The average molecular weight is 332 g/mol. The maximum absolute atomic E-state index is 5.92. The Morgan fingerprint density at radius 2 is 2.05 bits per heavy atom. The first-order valence-electron chi connectivity index (χ1n) is 6.91. The number of hydrogen-bond acceptors (Lipinski definition) is 3. The molecule has 20 heavy (non-hydrogen) atoms. The van der Waals surface area contributed by atoms with Gasteiger partial charge >= 0.3 is 0 Å². The average Bonchev–Trinajstić information content (AvgIpc) is 2.86. The van der Waals surface area contributed by atoms with Crippen LogP contribution in [0.3, 0.4) is 0 Å². The third-order valence-corrected chi connectivity index (χ3v) is 4.28. The summed E-state index contributed by atoms with van der Waals surface area (Å²) in [6, 6.07) is 10.9. The Hall–Kier alpha value is -1.39. The molecule has 2 N–H and O–H groups in total. The van der Waals surface area contributed by atoms with Crippen LogP contribution in [0.4, 0.5) is 5.69 Å². The molecule has 1 aromatic heterocycles. The van der Waals surface area contributed by atoms with Gasteiger partial charge in [0.05, 0.1) is 0 Å². The molecule has 0 bridgehead atoms. The number of likely N-dealkylation sites (tertiary alicyclic amines) is 1. The Kier molecular flexibility index (Phi) is 4.03. The van der Waals surface area contributed by atoms with E-state index in [-0.39, 0.29) is 0 Å². The second-order valence-electron chi connectivity index (χ2n) is 5.30. The molecule has 1 unspecified atom stereocenters. The maximum Gasteiger partial charge on any atom is 0.0353 e. The number of aromatic nitrogens is 1. The van der Waals surface area contributed by atoms with Crippen LogP contribution in [0.15, 0.2) is 47.2 Å². The van der Waals surface area contributed by atoms with Gasteiger partial charge in [0, 0.05) is 35.1 Å². The van der Waals surface area contributed by atoms with E-state index in [1.807, 2.05) is 18.5 Å². The third kappa shape index (κ3) is 3.02. The number of nitrogens with two attached hydrogens (primary N) is 1. The summed E-state index contributed by atoms with van der Waals surface area (Å²) >= 11 is 3.52. The highest BCUT2D eigenvalue weighted by Crippen LogP contribution is 2.33. The summed E-state index contributed by atoms with van der Waals surface area (Å²) < 4.78 is 1.05. The molecule has 0 spiro atoms. The molecule has 1 atom stereocenters. The highest BCUT2D eigenvalue weighted by molar-refractivity contribution is 9.10. The Bertz CT molecular complexity index is 565. The van der Waals surface area contributed by atoms with Gasteiger partial charge in [0.1, 0.15) is 0 Å². The Morgan fingerprint density at radius 1 is 1.25 bits per heavy atom. The number of halogens is 1. The molecule has 1 fully saturated rings. The van der Waals surface area contributed by atoms with Gasteiger partial charge in [0.25, 0.3) is 0 Å². The highest BCUT2D eigenvalue weighted by Gasteiger charge is 2.25. The van der Waals surface area contributed by atoms with E-state index in [0.29, 0.717) is 6.04 Å². The van der Waals surface area contributed by atoms with Gasteiger partial charge in [-0.05, 0) is 60.8 Å². The summed E-state index contributed by atoms with van der Waals surface area (Å²) in [6.07, 6.45) is 6.22. The maximum atomic E-state index is 5.92. The smallest absolute Gasteiger partial charge is 0.0353 e. The van der Waals surface area contributed by atoms with Gasteiger partial charge in [-0.1, -0.05) is 15.9 Å². The van der Waals surface area contributed by atoms with E-state index in [1.54, 1.807) is 0 Å². The van der Waals surface area contributed by atoms with Crippen molar-refractivity contribution < 1.29 is 0 Å². The van der Waals surface area contributed by atoms with Crippen LogP contribution in [-0.2, 0) is 6.54 Å². The van der Waals surface area contributed by atoms with Crippen LogP contribution < -0.4 is 5.73 Å². The minimum Gasteiger partial charge on any atom is -0.399 e. The molecule has 4 heteroatoms. The van der Waals surface area contributed by atoms with Crippen molar-refractivity contribution in [1.82, 2.24) is 9.88 Å². The summed E-state index contributed by atoms with van der Waals surface area (Å²) in [5.41, 5.74) is 9.36. The molecular weight excluding hydrogens is 314 g/mol. The number of hydrogen-bond donors (Lipinski definition) is 1. The monoisotopic (exact) mass is 331 g/mol. The molecule has 2 aromatic rings. The summed E-state index contributed by atoms with van der Waals surface area (Å²) in [6.45, 7) is 2.08. The quantitative estimate of drug-likeness (QED) is 0.870. The van der Waals surface area contributed by atoms with Crippen molar-refractivity contribution in [2.45, 2.75) is 25.4 Å². The van der Waals surface area contributed by atoms with Crippen LogP contribution in [0.1, 0.15) is 30.0 Å². The van der Waals surface area contributed by atoms with Crippen LogP contribution in [0, 0.1) is 0 Å². The third-order valence-electron chi connectivity index (χ3n) is 3.82. The van der Waals surface area contributed by atoms with Gasteiger partial charge in [-0.15, -0.1) is 0 Å². The predicted octanol–water partition coefficient (Wildman–Crippen LogP) is 3.76. The van der Waals surface area contributed by atoms with Crippen LogP contribution >= 0.6 is 15.9 Å². The number of benzene rings is 1. The molecule has 2 heterocycles. The van der Waals surface area contributed by atoms with E-state index in [1.165, 1.54) is 24.0 Å². The lowest BCUT2D eigenvalue weighted by Gasteiger charge is -2.25. The van der Waals surface area contributed by atoms with Crippen LogP contribution in [-0.4, -0.2) is 16.4 Å². The van der Waals surface area contributed by atoms with Gasteiger partial charge in [0.15, 0.2) is 0 Å². The number of pyridine rings is 1. The molecule has 0 saturated carbocycles. The zero-order valence-corrected chi connectivity index (χ0v) is 12.9. The molecule has 3 nitrogen and oxygen atoms in total. The normalized spacial score (nSPS) is 19.4. The van der Waals surface area contributed by atoms with Crippen molar-refractivity contribution in [2.75, 3.05) is 12.3 Å². The predicted molar refractivity (Wildman–Crippen MR) is 85.2 cm³/mol. The topological polar surface area (TPSA) is 42.1 Å². The van der Waals surface area contributed by atoms with Gasteiger partial charge in [-0.25, -0.2) is 0 Å². The van der Waals surface area contributed by atoms with E-state index < -0.39 is 0 Å². The van der Waals surface area contributed by atoms with Crippen molar-refractivity contribution in [3.8, 4) is 0 Å². The van der Waals surface area contributed by atoms with E-state index in [2.05, 4.69) is 50.1 Å². The summed E-state index contributed by atoms with van der Waals surface area (Å²) in [4.78, 5) is 6.63. The van der Waals surface area contributed by atoms with Gasteiger partial charge < -0.3 is 5.73 Å². The number of rotatable bonds is 3. The molecule has 1 aromatic carbocycles. The molecule has 0 aliphatic carbocycles. The highest BCUT2D eigenvalue weighted by atomic mass is 79.9. The largest absolute Gasteiger partial charge is 0.399 e. The second kappa shape index (κ2) is 5.94. The Morgan fingerprint density at radius 3 is 2.80 bits per heavy atom.